The molecule has 122 valence electrons. The summed E-state index contributed by atoms with van der Waals surface area (Å²) in [7, 11) is -2.26. The molecule has 6 heteroatoms. The van der Waals surface area contributed by atoms with Crippen LogP contribution in [0.4, 0.5) is 5.69 Å². The van der Waals surface area contributed by atoms with E-state index in [9.17, 15) is 13.2 Å². The fourth-order valence-electron chi connectivity index (χ4n) is 2.00. The first-order valence-electron chi connectivity index (χ1n) is 7.28. The number of esters is 1. The normalized spacial score (nSPS) is 11.0. The molecule has 2 aromatic carbocycles. The fraction of sp³-hybridized carbons (Fsp3) is 0.235. The van der Waals surface area contributed by atoms with Gasteiger partial charge in [0.1, 0.15) is 0 Å². The zero-order chi connectivity index (χ0) is 16.9. The largest absolute Gasteiger partial charge is 0.462 e. The summed E-state index contributed by atoms with van der Waals surface area (Å²) in [5.74, 6) is -0.522. The number of anilines is 1. The van der Waals surface area contributed by atoms with E-state index in [1.807, 2.05) is 13.0 Å². The zero-order valence-corrected chi connectivity index (χ0v) is 13.9. The van der Waals surface area contributed by atoms with Crippen molar-refractivity contribution < 1.29 is 17.9 Å². The Morgan fingerprint density at radius 3 is 2.43 bits per heavy atom. The first kappa shape index (κ1) is 17.0. The average Bonchev–Trinajstić information content (AvgIpc) is 2.59. The van der Waals surface area contributed by atoms with Gasteiger partial charge in [-0.05, 0) is 36.8 Å². The van der Waals surface area contributed by atoms with Crippen molar-refractivity contribution in [3.05, 3.63) is 60.2 Å². The van der Waals surface area contributed by atoms with Gasteiger partial charge >= 0.3 is 5.97 Å². The van der Waals surface area contributed by atoms with Gasteiger partial charge in [-0.3, -0.25) is 4.31 Å². The SMILES string of the molecule is CCCOC(=O)c1cccc(S(=O)(=O)N(C)c2ccccc2)c1. The van der Waals surface area contributed by atoms with Crippen LogP contribution in [0.2, 0.25) is 0 Å². The average molecular weight is 333 g/mol. The van der Waals surface area contributed by atoms with Gasteiger partial charge < -0.3 is 4.74 Å². The molecule has 0 saturated heterocycles. The third kappa shape index (κ3) is 3.90. The Morgan fingerprint density at radius 2 is 1.78 bits per heavy atom. The van der Waals surface area contributed by atoms with E-state index in [-0.39, 0.29) is 10.5 Å². The smallest absolute Gasteiger partial charge is 0.338 e. The summed E-state index contributed by atoms with van der Waals surface area (Å²) in [5.41, 5.74) is 0.771. The molecule has 0 fully saturated rings. The van der Waals surface area contributed by atoms with Gasteiger partial charge in [-0.15, -0.1) is 0 Å². The molecule has 0 aliphatic rings. The number of carbonyl (C=O) groups excluding carboxylic acids is 1. The van der Waals surface area contributed by atoms with Crippen molar-refractivity contribution >= 4 is 21.7 Å². The van der Waals surface area contributed by atoms with E-state index in [2.05, 4.69) is 0 Å². The highest BCUT2D eigenvalue weighted by molar-refractivity contribution is 7.92. The van der Waals surface area contributed by atoms with E-state index in [1.54, 1.807) is 30.3 Å². The maximum absolute atomic E-state index is 12.7. The topological polar surface area (TPSA) is 63.7 Å². The van der Waals surface area contributed by atoms with Crippen LogP contribution in [0, 0.1) is 0 Å². The molecule has 0 unspecified atom stereocenters. The van der Waals surface area contributed by atoms with Gasteiger partial charge in [-0.2, -0.15) is 0 Å². The highest BCUT2D eigenvalue weighted by Gasteiger charge is 2.22. The molecular weight excluding hydrogens is 314 g/mol. The van der Waals surface area contributed by atoms with Gasteiger partial charge in [0.05, 0.1) is 22.8 Å². The Labute approximate surface area is 136 Å². The van der Waals surface area contributed by atoms with Gasteiger partial charge in [0.25, 0.3) is 10.0 Å². The van der Waals surface area contributed by atoms with E-state index < -0.39 is 16.0 Å². The van der Waals surface area contributed by atoms with Gasteiger partial charge in [0, 0.05) is 7.05 Å². The van der Waals surface area contributed by atoms with E-state index >= 15 is 0 Å². The van der Waals surface area contributed by atoms with Crippen LogP contribution < -0.4 is 4.31 Å². The fourth-order valence-corrected chi connectivity index (χ4v) is 3.24. The molecule has 0 radical (unpaired) electrons. The molecule has 2 rings (SSSR count). The van der Waals surface area contributed by atoms with Crippen LogP contribution in [0.5, 0.6) is 0 Å². The van der Waals surface area contributed by atoms with Crippen LogP contribution in [0.15, 0.2) is 59.5 Å². The lowest BCUT2D eigenvalue weighted by atomic mass is 10.2. The van der Waals surface area contributed by atoms with E-state index in [0.29, 0.717) is 18.7 Å². The van der Waals surface area contributed by atoms with Gasteiger partial charge in [-0.25, -0.2) is 13.2 Å². The molecular formula is C17H19NO4S. The second kappa shape index (κ2) is 7.28. The highest BCUT2D eigenvalue weighted by atomic mass is 32.2. The summed E-state index contributed by atoms with van der Waals surface area (Å²) < 4.78 is 31.6. The van der Waals surface area contributed by atoms with E-state index in [1.165, 1.54) is 29.6 Å². The van der Waals surface area contributed by atoms with Crippen molar-refractivity contribution in [2.75, 3.05) is 18.0 Å². The second-order valence-electron chi connectivity index (χ2n) is 4.97. The Balaban J connectivity index is 2.32. The molecule has 0 N–H and O–H groups in total. The number of benzene rings is 2. The Hall–Kier alpha value is -2.34. The molecule has 0 atom stereocenters. The Bertz CT molecular complexity index is 772. The lowest BCUT2D eigenvalue weighted by Gasteiger charge is -2.19. The first-order chi connectivity index (χ1) is 11.0. The van der Waals surface area contributed by atoms with Crippen LogP contribution in [0.3, 0.4) is 0 Å². The monoisotopic (exact) mass is 333 g/mol. The Kier molecular flexibility index (Phi) is 5.39. The molecule has 23 heavy (non-hydrogen) atoms. The summed E-state index contributed by atoms with van der Waals surface area (Å²) in [6.07, 6.45) is 0.709. The maximum atomic E-state index is 12.7. The predicted octanol–water partition coefficient (Wildman–Crippen LogP) is 3.08. The number of rotatable bonds is 6. The molecule has 0 amide bonds. The first-order valence-corrected chi connectivity index (χ1v) is 8.72. The summed E-state index contributed by atoms with van der Waals surface area (Å²) in [5, 5.41) is 0. The maximum Gasteiger partial charge on any atom is 0.338 e. The third-order valence-electron chi connectivity index (χ3n) is 3.29. The minimum absolute atomic E-state index is 0.0507. The molecule has 0 saturated carbocycles. The summed E-state index contributed by atoms with van der Waals surface area (Å²) >= 11 is 0. The number of hydrogen-bond acceptors (Lipinski definition) is 4. The number of hydrogen-bond donors (Lipinski definition) is 0. The molecule has 0 heterocycles. The van der Waals surface area contributed by atoms with Crippen LogP contribution in [0.1, 0.15) is 23.7 Å². The number of para-hydroxylation sites is 1. The van der Waals surface area contributed by atoms with E-state index in [0.717, 1.165) is 0 Å². The summed E-state index contributed by atoms with van der Waals surface area (Å²) in [6, 6.07) is 14.6. The van der Waals surface area contributed by atoms with Crippen molar-refractivity contribution in [1.29, 1.82) is 0 Å². The van der Waals surface area contributed by atoms with Gasteiger partial charge in [0.2, 0.25) is 0 Å². The molecule has 2 aromatic rings. The van der Waals surface area contributed by atoms with Gasteiger partial charge in [0.15, 0.2) is 0 Å². The molecule has 5 nitrogen and oxygen atoms in total. The lowest BCUT2D eigenvalue weighted by Crippen LogP contribution is -2.26. The third-order valence-corrected chi connectivity index (χ3v) is 5.07. The summed E-state index contributed by atoms with van der Waals surface area (Å²) in [6.45, 7) is 2.20. The highest BCUT2D eigenvalue weighted by Crippen LogP contribution is 2.22. The molecule has 0 aliphatic carbocycles. The molecule has 0 bridgehead atoms. The van der Waals surface area contributed by atoms with Crippen molar-refractivity contribution in [3.63, 3.8) is 0 Å². The van der Waals surface area contributed by atoms with Crippen LogP contribution in [-0.2, 0) is 14.8 Å². The molecule has 0 spiro atoms. The predicted molar refractivity (Wildman–Crippen MR) is 89.0 cm³/mol. The second-order valence-corrected chi connectivity index (χ2v) is 6.94. The number of nitrogens with zero attached hydrogens (tertiary/aromatic N) is 1. The number of carbonyl (C=O) groups is 1. The van der Waals surface area contributed by atoms with Crippen molar-refractivity contribution in [2.45, 2.75) is 18.2 Å². The number of sulfonamides is 1. The van der Waals surface area contributed by atoms with Crippen molar-refractivity contribution in [3.8, 4) is 0 Å². The van der Waals surface area contributed by atoms with Crippen LogP contribution in [-0.4, -0.2) is 28.0 Å². The molecule has 0 aliphatic heterocycles. The quantitative estimate of drug-likeness (QED) is 0.762. The van der Waals surface area contributed by atoms with Crippen LogP contribution >= 0.6 is 0 Å². The molecule has 0 aromatic heterocycles. The lowest BCUT2D eigenvalue weighted by molar-refractivity contribution is 0.0505. The number of ether oxygens (including phenoxy) is 1. The van der Waals surface area contributed by atoms with E-state index in [4.69, 9.17) is 4.74 Å². The minimum Gasteiger partial charge on any atom is -0.462 e. The van der Waals surface area contributed by atoms with Crippen molar-refractivity contribution in [1.82, 2.24) is 0 Å². The Morgan fingerprint density at radius 1 is 1.09 bits per heavy atom. The minimum atomic E-state index is -3.74. The zero-order valence-electron chi connectivity index (χ0n) is 13.1. The summed E-state index contributed by atoms with van der Waals surface area (Å²) in [4.78, 5) is 11.9. The standard InChI is InChI=1S/C17H19NO4S/c1-3-12-22-17(19)14-8-7-11-16(13-14)23(20,21)18(2)15-9-5-4-6-10-15/h4-11,13H,3,12H2,1-2H3. The van der Waals surface area contributed by atoms with Gasteiger partial charge in [-0.1, -0.05) is 31.2 Å². The van der Waals surface area contributed by atoms with Crippen molar-refractivity contribution in [2.24, 2.45) is 0 Å². The van der Waals surface area contributed by atoms with Crippen LogP contribution in [0.25, 0.3) is 0 Å².